The highest BCUT2D eigenvalue weighted by atomic mass is 35.5. The summed E-state index contributed by atoms with van der Waals surface area (Å²) in [6.45, 7) is 5.01. The van der Waals surface area contributed by atoms with Gasteiger partial charge in [-0.15, -0.1) is 0 Å². The first-order valence-corrected chi connectivity index (χ1v) is 10.9. The minimum absolute atomic E-state index is 0.284. The average molecular weight is 420 g/mol. The molecule has 28 heavy (non-hydrogen) atoms. The minimum Gasteiger partial charge on any atom is -0.296 e. The Morgan fingerprint density at radius 2 is 1.79 bits per heavy atom. The van der Waals surface area contributed by atoms with Crippen molar-refractivity contribution in [1.29, 1.82) is 0 Å². The second-order valence-electron chi connectivity index (χ2n) is 7.06. The van der Waals surface area contributed by atoms with Crippen LogP contribution in [-0.2, 0) is 23.6 Å². The van der Waals surface area contributed by atoms with Gasteiger partial charge >= 0.3 is 0 Å². The maximum absolute atomic E-state index is 12.8. The monoisotopic (exact) mass is 419 g/mol. The van der Waals surface area contributed by atoms with Gasteiger partial charge in [0.05, 0.1) is 10.6 Å². The normalized spacial score (nSPS) is 16.7. The van der Waals surface area contributed by atoms with Crippen molar-refractivity contribution in [2.24, 2.45) is 7.05 Å². The predicted molar refractivity (Wildman–Crippen MR) is 109 cm³/mol. The number of aryl methyl sites for hydroxylation is 2. The number of benzene rings is 1. The maximum Gasteiger partial charge on any atom is 0.243 e. The van der Waals surface area contributed by atoms with Crippen LogP contribution in [0.3, 0.4) is 0 Å². The Bertz CT molecular complexity index is 1100. The fourth-order valence-electron chi connectivity index (χ4n) is 3.58. The molecule has 1 saturated heterocycles. The summed E-state index contributed by atoms with van der Waals surface area (Å²) in [5.74, 6) is 0. The van der Waals surface area contributed by atoms with E-state index in [0.717, 1.165) is 28.8 Å². The molecule has 1 aromatic carbocycles. The second-order valence-corrected chi connectivity index (χ2v) is 9.43. The topological polar surface area (TPSA) is 71.3 Å². The lowest BCUT2D eigenvalue weighted by Crippen LogP contribution is -2.48. The molecule has 0 N–H and O–H groups in total. The molecule has 3 aromatic rings. The molecule has 1 aliphatic heterocycles. The molecule has 0 aliphatic carbocycles. The summed E-state index contributed by atoms with van der Waals surface area (Å²) in [4.78, 5) is 7.06. The minimum atomic E-state index is -3.48. The summed E-state index contributed by atoms with van der Waals surface area (Å²) < 4.78 is 28.9. The average Bonchev–Trinajstić information content (AvgIpc) is 2.96. The molecule has 1 aliphatic rings. The van der Waals surface area contributed by atoms with E-state index in [0.29, 0.717) is 31.2 Å². The zero-order valence-corrected chi connectivity index (χ0v) is 17.4. The van der Waals surface area contributed by atoms with Crippen molar-refractivity contribution >= 4 is 32.7 Å². The van der Waals surface area contributed by atoms with Gasteiger partial charge < -0.3 is 0 Å². The Kier molecular flexibility index (Phi) is 5.13. The van der Waals surface area contributed by atoms with Crippen LogP contribution in [-0.4, -0.2) is 58.6 Å². The third kappa shape index (κ3) is 3.65. The van der Waals surface area contributed by atoms with E-state index in [1.807, 2.05) is 20.2 Å². The first-order chi connectivity index (χ1) is 13.3. The summed E-state index contributed by atoms with van der Waals surface area (Å²) >= 11 is 5.87. The molecule has 0 bridgehead atoms. The van der Waals surface area contributed by atoms with Crippen LogP contribution in [0.1, 0.15) is 11.3 Å². The summed E-state index contributed by atoms with van der Waals surface area (Å²) in [7, 11) is -1.59. The van der Waals surface area contributed by atoms with Crippen molar-refractivity contribution in [3.8, 4) is 0 Å². The van der Waals surface area contributed by atoms with Gasteiger partial charge in [-0.25, -0.2) is 13.4 Å². The van der Waals surface area contributed by atoms with Gasteiger partial charge in [0.25, 0.3) is 0 Å². The molecular weight excluding hydrogens is 398 g/mol. The van der Waals surface area contributed by atoms with E-state index in [9.17, 15) is 8.42 Å². The second kappa shape index (κ2) is 7.44. The molecule has 4 rings (SSSR count). The number of sulfonamides is 1. The van der Waals surface area contributed by atoms with Crippen molar-refractivity contribution in [2.75, 3.05) is 26.2 Å². The first kappa shape index (κ1) is 19.3. The van der Waals surface area contributed by atoms with Gasteiger partial charge in [-0.05, 0) is 42.8 Å². The Morgan fingerprint density at radius 1 is 1.11 bits per heavy atom. The highest BCUT2D eigenvalue weighted by Crippen LogP contribution is 2.21. The Morgan fingerprint density at radius 3 is 2.46 bits per heavy atom. The van der Waals surface area contributed by atoms with Gasteiger partial charge in [-0.1, -0.05) is 11.6 Å². The molecule has 0 radical (unpaired) electrons. The van der Waals surface area contributed by atoms with Crippen LogP contribution < -0.4 is 0 Å². The Labute approximate surface area is 169 Å². The lowest BCUT2D eigenvalue weighted by molar-refractivity contribution is 0.181. The Hall–Kier alpha value is -2.00. The third-order valence-corrected chi connectivity index (χ3v) is 7.27. The van der Waals surface area contributed by atoms with Crippen molar-refractivity contribution in [3.05, 3.63) is 52.8 Å². The molecule has 0 saturated carbocycles. The predicted octanol–water partition coefficient (Wildman–Crippen LogP) is 2.44. The van der Waals surface area contributed by atoms with Crippen LogP contribution in [0.5, 0.6) is 0 Å². The number of halogens is 1. The highest BCUT2D eigenvalue weighted by molar-refractivity contribution is 7.89. The SMILES string of the molecule is Cc1nn(C)c2ncc(CN3CCN(S(=O)(=O)c4ccc(Cl)cc4)CC3)cc12. The molecule has 1 fully saturated rings. The molecule has 0 atom stereocenters. The molecular formula is C19H22ClN5O2S. The van der Waals surface area contributed by atoms with E-state index in [4.69, 9.17) is 11.6 Å². The fourth-order valence-corrected chi connectivity index (χ4v) is 5.13. The van der Waals surface area contributed by atoms with Crippen molar-refractivity contribution in [2.45, 2.75) is 18.4 Å². The number of nitrogens with zero attached hydrogens (tertiary/aromatic N) is 5. The number of aromatic nitrogens is 3. The quantitative estimate of drug-likeness (QED) is 0.649. The zero-order chi connectivity index (χ0) is 19.9. The van der Waals surface area contributed by atoms with Crippen LogP contribution in [0.4, 0.5) is 0 Å². The van der Waals surface area contributed by atoms with Gasteiger partial charge in [-0.2, -0.15) is 9.40 Å². The van der Waals surface area contributed by atoms with E-state index in [2.05, 4.69) is 21.0 Å². The highest BCUT2D eigenvalue weighted by Gasteiger charge is 2.28. The van der Waals surface area contributed by atoms with Gasteiger partial charge in [0.1, 0.15) is 0 Å². The van der Waals surface area contributed by atoms with E-state index in [1.54, 1.807) is 33.3 Å². The molecule has 9 heteroatoms. The molecule has 2 aromatic heterocycles. The van der Waals surface area contributed by atoms with Gasteiger partial charge in [0.15, 0.2) is 5.65 Å². The number of hydrogen-bond acceptors (Lipinski definition) is 5. The van der Waals surface area contributed by atoms with Gasteiger partial charge in [0, 0.05) is 56.4 Å². The summed E-state index contributed by atoms with van der Waals surface area (Å²) in [6.07, 6.45) is 1.88. The van der Waals surface area contributed by atoms with Crippen LogP contribution in [0, 0.1) is 6.92 Å². The summed E-state index contributed by atoms with van der Waals surface area (Å²) in [6, 6.07) is 8.45. The van der Waals surface area contributed by atoms with Gasteiger partial charge in [0.2, 0.25) is 10.0 Å². The number of pyridine rings is 1. The number of rotatable bonds is 4. The van der Waals surface area contributed by atoms with Gasteiger partial charge in [-0.3, -0.25) is 9.58 Å². The number of hydrogen-bond donors (Lipinski definition) is 0. The molecule has 0 unspecified atom stereocenters. The smallest absolute Gasteiger partial charge is 0.243 e. The maximum atomic E-state index is 12.8. The summed E-state index contributed by atoms with van der Waals surface area (Å²) in [5, 5.41) is 5.99. The van der Waals surface area contributed by atoms with Crippen molar-refractivity contribution in [1.82, 2.24) is 24.0 Å². The lowest BCUT2D eigenvalue weighted by atomic mass is 10.2. The summed E-state index contributed by atoms with van der Waals surface area (Å²) in [5.41, 5.74) is 2.95. The number of piperazine rings is 1. The van der Waals surface area contributed by atoms with E-state index in [1.165, 1.54) is 0 Å². The van der Waals surface area contributed by atoms with Crippen LogP contribution in [0.2, 0.25) is 5.02 Å². The van der Waals surface area contributed by atoms with Crippen LogP contribution in [0.25, 0.3) is 11.0 Å². The first-order valence-electron chi connectivity index (χ1n) is 9.11. The largest absolute Gasteiger partial charge is 0.296 e. The molecule has 0 amide bonds. The van der Waals surface area contributed by atoms with E-state index >= 15 is 0 Å². The zero-order valence-electron chi connectivity index (χ0n) is 15.8. The molecule has 148 valence electrons. The lowest BCUT2D eigenvalue weighted by Gasteiger charge is -2.34. The van der Waals surface area contributed by atoms with E-state index in [-0.39, 0.29) is 4.90 Å². The molecule has 0 spiro atoms. The standard InChI is InChI=1S/C19H22ClN5O2S/c1-14-18-11-15(12-21-19(18)23(2)22-14)13-24-7-9-25(10-8-24)28(26,27)17-5-3-16(20)4-6-17/h3-6,11-12H,7-10,13H2,1-2H3. The third-order valence-electron chi connectivity index (χ3n) is 5.11. The van der Waals surface area contributed by atoms with E-state index < -0.39 is 10.0 Å². The Balaban J connectivity index is 1.43. The molecule has 7 nitrogen and oxygen atoms in total. The van der Waals surface area contributed by atoms with Crippen molar-refractivity contribution in [3.63, 3.8) is 0 Å². The fraction of sp³-hybridized carbons (Fsp3) is 0.368. The van der Waals surface area contributed by atoms with Crippen molar-refractivity contribution < 1.29 is 8.42 Å². The number of fused-ring (bicyclic) bond motifs is 1. The molecule has 3 heterocycles. The van der Waals surface area contributed by atoms with Crippen LogP contribution in [0.15, 0.2) is 41.4 Å². The van der Waals surface area contributed by atoms with Crippen LogP contribution >= 0.6 is 11.6 Å².